The summed E-state index contributed by atoms with van der Waals surface area (Å²) in [4.78, 5) is 17.2. The minimum Gasteiger partial charge on any atom is -0.373 e. The molecule has 0 amide bonds. The summed E-state index contributed by atoms with van der Waals surface area (Å²) in [6.07, 6.45) is 1.68. The molecule has 1 unspecified atom stereocenters. The van der Waals surface area contributed by atoms with E-state index in [2.05, 4.69) is 19.5 Å². The average molecular weight is 311 g/mol. The first-order valence-electron chi connectivity index (χ1n) is 7.55. The fraction of sp³-hybridized carbons (Fsp3) is 0.786. The van der Waals surface area contributed by atoms with Crippen molar-refractivity contribution < 1.29 is 23.9 Å². The van der Waals surface area contributed by atoms with Gasteiger partial charge in [-0.25, -0.2) is 19.3 Å². The Morgan fingerprint density at radius 1 is 1.32 bits per heavy atom. The molecule has 0 aromatic carbocycles. The van der Waals surface area contributed by atoms with Gasteiger partial charge in [-0.15, -0.1) is 0 Å². The maximum Gasteiger partial charge on any atom is 0.473 e. The molecule has 0 radical (unpaired) electrons. The van der Waals surface area contributed by atoms with Crippen LogP contribution in [0.25, 0.3) is 0 Å². The van der Waals surface area contributed by atoms with Crippen molar-refractivity contribution in [3.63, 3.8) is 0 Å². The summed E-state index contributed by atoms with van der Waals surface area (Å²) in [6.45, 7) is 6.40. The van der Waals surface area contributed by atoms with Crippen LogP contribution in [0.4, 0.5) is 0 Å². The van der Waals surface area contributed by atoms with E-state index in [1.165, 1.54) is 7.11 Å². The van der Waals surface area contributed by atoms with Gasteiger partial charge in [0.05, 0.1) is 33.4 Å². The maximum absolute atomic E-state index is 9.16. The molecular weight excluding hydrogens is 288 g/mol. The minimum absolute atomic E-state index is 0.131. The minimum atomic E-state index is -0.584. The van der Waals surface area contributed by atoms with Gasteiger partial charge in [-0.1, -0.05) is 5.16 Å². The van der Waals surface area contributed by atoms with Gasteiger partial charge in [0.25, 0.3) is 0 Å². The normalized spacial score (nSPS) is 20.7. The zero-order chi connectivity index (χ0) is 15.8. The Hall–Kier alpha value is -1.69. The lowest BCUT2D eigenvalue weighted by molar-refractivity contribution is -0.521. The Kier molecular flexibility index (Phi) is 6.58. The van der Waals surface area contributed by atoms with Crippen LogP contribution in [0.1, 0.15) is 19.8 Å². The predicted octanol–water partition coefficient (Wildman–Crippen LogP) is 0.344. The number of morpholine rings is 1. The van der Waals surface area contributed by atoms with Crippen LogP contribution in [0.5, 0.6) is 0 Å². The van der Waals surface area contributed by atoms with Gasteiger partial charge in [-0.3, -0.25) is 4.84 Å². The smallest absolute Gasteiger partial charge is 0.373 e. The molecule has 0 aromatic heterocycles. The summed E-state index contributed by atoms with van der Waals surface area (Å²) in [5.41, 5.74) is 0.131. The first-order chi connectivity index (χ1) is 10.8. The molecule has 1 atom stereocenters. The van der Waals surface area contributed by atoms with Crippen LogP contribution in [0.3, 0.4) is 0 Å². The number of nitrogens with zero attached hydrogens (tertiary/aromatic N) is 4. The fourth-order valence-electron chi connectivity index (χ4n) is 2.44. The first kappa shape index (κ1) is 16.7. The number of ether oxygens (including phenoxy) is 1. The number of oxime groups is 1. The molecule has 2 saturated heterocycles. The molecule has 2 heterocycles. The van der Waals surface area contributed by atoms with Crippen LogP contribution >= 0.6 is 0 Å². The lowest BCUT2D eigenvalue weighted by Gasteiger charge is -2.22. The SMILES string of the molecule is COOC(C)/C(C#N)=N/OC(N1CCOCC1)=[N+]1CCCC1. The molecule has 0 aliphatic carbocycles. The van der Waals surface area contributed by atoms with Crippen molar-refractivity contribution in [1.82, 2.24) is 4.90 Å². The quantitative estimate of drug-likeness (QED) is 0.245. The molecule has 22 heavy (non-hydrogen) atoms. The van der Waals surface area contributed by atoms with E-state index in [0.717, 1.165) is 39.0 Å². The second-order valence-corrected chi connectivity index (χ2v) is 5.16. The largest absolute Gasteiger partial charge is 0.473 e. The molecule has 122 valence electrons. The number of hydrogen-bond donors (Lipinski definition) is 0. The number of rotatable bonds is 4. The fourth-order valence-corrected chi connectivity index (χ4v) is 2.44. The zero-order valence-corrected chi connectivity index (χ0v) is 13.2. The van der Waals surface area contributed by atoms with E-state index in [1.54, 1.807) is 6.92 Å². The Balaban J connectivity index is 2.12. The lowest BCUT2D eigenvalue weighted by Crippen LogP contribution is -2.45. The molecule has 2 fully saturated rings. The van der Waals surface area contributed by atoms with E-state index in [1.807, 2.05) is 6.07 Å². The van der Waals surface area contributed by atoms with Crippen molar-refractivity contribution >= 4 is 11.7 Å². The number of nitriles is 1. The van der Waals surface area contributed by atoms with Gasteiger partial charge in [0.2, 0.25) is 0 Å². The summed E-state index contributed by atoms with van der Waals surface area (Å²) in [5, 5.41) is 13.1. The van der Waals surface area contributed by atoms with Crippen molar-refractivity contribution in [1.29, 1.82) is 5.26 Å². The summed E-state index contributed by atoms with van der Waals surface area (Å²) in [7, 11) is 1.39. The summed E-state index contributed by atoms with van der Waals surface area (Å²) in [6, 6.07) is 2.67. The van der Waals surface area contributed by atoms with Crippen LogP contribution in [-0.4, -0.2) is 73.8 Å². The van der Waals surface area contributed by atoms with Crippen molar-refractivity contribution in [3.05, 3.63) is 0 Å². The molecule has 2 rings (SSSR count). The van der Waals surface area contributed by atoms with Gasteiger partial charge in [-0.2, -0.15) is 5.26 Å². The lowest BCUT2D eigenvalue weighted by atomic mass is 10.3. The van der Waals surface area contributed by atoms with Crippen LogP contribution in [-0.2, 0) is 19.3 Å². The highest BCUT2D eigenvalue weighted by Gasteiger charge is 2.30. The van der Waals surface area contributed by atoms with Gasteiger partial charge in [-0.05, 0) is 19.8 Å². The molecule has 0 spiro atoms. The van der Waals surface area contributed by atoms with E-state index < -0.39 is 6.10 Å². The standard InChI is InChI=1S/C14H23N4O4/c1-12(22-19-2)13(11-15)16-21-14(17-5-3-4-6-17)18-7-9-20-10-8-18/h12H,3-10H2,1-2H3/q+1/b16-13+. The van der Waals surface area contributed by atoms with Crippen molar-refractivity contribution in [2.45, 2.75) is 25.9 Å². The van der Waals surface area contributed by atoms with E-state index in [4.69, 9.17) is 19.7 Å². The summed E-state index contributed by atoms with van der Waals surface area (Å²) < 4.78 is 7.53. The number of amidine groups is 1. The summed E-state index contributed by atoms with van der Waals surface area (Å²) >= 11 is 0. The van der Waals surface area contributed by atoms with Crippen LogP contribution in [0.15, 0.2) is 5.16 Å². The average Bonchev–Trinajstić information content (AvgIpc) is 3.07. The Morgan fingerprint density at radius 2 is 2.00 bits per heavy atom. The molecule has 8 nitrogen and oxygen atoms in total. The third kappa shape index (κ3) is 4.40. The molecular formula is C14H23N4O4+. The highest BCUT2D eigenvalue weighted by molar-refractivity contribution is 6.01. The highest BCUT2D eigenvalue weighted by Crippen LogP contribution is 2.08. The molecule has 0 saturated carbocycles. The van der Waals surface area contributed by atoms with Crippen molar-refractivity contribution in [2.75, 3.05) is 46.5 Å². The molecule has 2 aliphatic heterocycles. The van der Waals surface area contributed by atoms with Crippen LogP contribution < -0.4 is 0 Å². The van der Waals surface area contributed by atoms with Crippen LogP contribution in [0.2, 0.25) is 0 Å². The molecule has 8 heteroatoms. The predicted molar refractivity (Wildman–Crippen MR) is 78.3 cm³/mol. The van der Waals surface area contributed by atoms with Gasteiger partial charge in [0, 0.05) is 0 Å². The van der Waals surface area contributed by atoms with E-state index in [0.29, 0.717) is 19.2 Å². The van der Waals surface area contributed by atoms with Gasteiger partial charge in [0.15, 0.2) is 5.71 Å². The molecule has 0 bridgehead atoms. The third-order valence-corrected chi connectivity index (χ3v) is 3.62. The van der Waals surface area contributed by atoms with Gasteiger partial charge >= 0.3 is 6.02 Å². The molecule has 0 N–H and O–H groups in total. The Morgan fingerprint density at radius 3 is 2.59 bits per heavy atom. The van der Waals surface area contributed by atoms with E-state index >= 15 is 0 Å². The van der Waals surface area contributed by atoms with Gasteiger partial charge < -0.3 is 4.74 Å². The molecule has 0 aromatic rings. The third-order valence-electron chi connectivity index (χ3n) is 3.62. The van der Waals surface area contributed by atoms with Crippen molar-refractivity contribution in [2.24, 2.45) is 5.16 Å². The van der Waals surface area contributed by atoms with E-state index in [9.17, 15) is 0 Å². The Labute approximate surface area is 130 Å². The van der Waals surface area contributed by atoms with E-state index in [-0.39, 0.29) is 5.71 Å². The first-order valence-corrected chi connectivity index (χ1v) is 7.55. The van der Waals surface area contributed by atoms with Crippen LogP contribution in [0, 0.1) is 11.3 Å². The zero-order valence-electron chi connectivity index (χ0n) is 13.2. The second-order valence-electron chi connectivity index (χ2n) is 5.16. The Bertz CT molecular complexity index is 458. The second kappa shape index (κ2) is 8.68. The summed E-state index contributed by atoms with van der Waals surface area (Å²) in [5.74, 6) is 0. The number of hydrogen-bond acceptors (Lipinski definition) is 6. The van der Waals surface area contributed by atoms with Crippen molar-refractivity contribution in [3.8, 4) is 6.07 Å². The topological polar surface area (TPSA) is 79.3 Å². The highest BCUT2D eigenvalue weighted by atomic mass is 17.2. The maximum atomic E-state index is 9.16. The van der Waals surface area contributed by atoms with Gasteiger partial charge in [0.1, 0.15) is 25.3 Å². The monoisotopic (exact) mass is 311 g/mol. The molecule has 2 aliphatic rings.